The van der Waals surface area contributed by atoms with Gasteiger partial charge in [0, 0.05) is 20.3 Å². The average molecular weight is 601 g/mol. The fraction of sp³-hybridized carbons (Fsp3) is 0.516. The molecule has 0 radical (unpaired) electrons. The second-order valence-corrected chi connectivity index (χ2v) is 21.2. The summed E-state index contributed by atoms with van der Waals surface area (Å²) in [4.78, 5) is 1.91. The van der Waals surface area contributed by atoms with E-state index in [1.165, 1.54) is 0 Å². The molecule has 1 heterocycles. The monoisotopic (exact) mass is 600 g/mol. The quantitative estimate of drug-likeness (QED) is 0.153. The average Bonchev–Trinajstić information content (AvgIpc) is 3.26. The van der Waals surface area contributed by atoms with E-state index in [1.807, 2.05) is 79.8 Å². The normalized spacial score (nSPS) is 20.3. The number of hydrogen-bond acceptors (Lipinski definition) is 8. The molecule has 226 valence electrons. The molecule has 1 aliphatic carbocycles. The summed E-state index contributed by atoms with van der Waals surface area (Å²) in [6.07, 6.45) is 11.3. The number of ether oxygens (including phenoxy) is 3. The van der Waals surface area contributed by atoms with Gasteiger partial charge in [0.2, 0.25) is 8.32 Å². The Morgan fingerprint density at radius 2 is 1.78 bits per heavy atom. The van der Waals surface area contributed by atoms with Crippen molar-refractivity contribution in [1.29, 1.82) is 0 Å². The summed E-state index contributed by atoms with van der Waals surface area (Å²) < 4.78 is 38.6. The Balaban J connectivity index is 2.25. The first-order chi connectivity index (χ1) is 19.3. The van der Waals surface area contributed by atoms with E-state index < -0.39 is 28.3 Å². The van der Waals surface area contributed by atoms with Crippen molar-refractivity contribution in [3.63, 3.8) is 0 Å². The molecule has 0 saturated heterocycles. The third-order valence-electron chi connectivity index (χ3n) is 5.93. The molecular formula is C31H48N2O6Si2. The fourth-order valence-electron chi connectivity index (χ4n) is 4.25. The van der Waals surface area contributed by atoms with Crippen LogP contribution in [0.15, 0.2) is 59.2 Å². The van der Waals surface area contributed by atoms with Crippen LogP contribution in [0.1, 0.15) is 25.3 Å². The molecule has 0 aliphatic heterocycles. The number of nitrogens with zero attached hydrogens (tertiary/aromatic N) is 2. The molecule has 10 heteroatoms. The van der Waals surface area contributed by atoms with Crippen molar-refractivity contribution in [3.8, 4) is 5.88 Å². The van der Waals surface area contributed by atoms with E-state index in [0.717, 1.165) is 18.4 Å². The van der Waals surface area contributed by atoms with E-state index in [0.29, 0.717) is 35.5 Å². The maximum Gasteiger partial charge on any atom is 0.265 e. The first-order valence-corrected chi connectivity index (χ1v) is 21.2. The molecule has 2 aromatic rings. The minimum absolute atomic E-state index is 0.0151. The number of allylic oxidation sites excluding steroid dienone is 2. The summed E-state index contributed by atoms with van der Waals surface area (Å²) in [5.41, 5.74) is 0.433. The highest BCUT2D eigenvalue weighted by atomic mass is 28.4. The summed E-state index contributed by atoms with van der Waals surface area (Å²) in [5, 5.41) is 4.98. The van der Waals surface area contributed by atoms with Gasteiger partial charge in [-0.05, 0) is 62.5 Å². The molecule has 8 nitrogen and oxygen atoms in total. The Hall–Kier alpha value is -2.64. The number of hydrogen-bond donors (Lipinski definition) is 0. The molecular weight excluding hydrogens is 553 g/mol. The van der Waals surface area contributed by atoms with Gasteiger partial charge >= 0.3 is 0 Å². The Bertz CT molecular complexity index is 1280. The van der Waals surface area contributed by atoms with Crippen LogP contribution in [0, 0.1) is 0 Å². The zero-order chi connectivity index (χ0) is 30.1. The molecule has 0 N–H and O–H groups in total. The first-order valence-electron chi connectivity index (χ1n) is 14.3. The lowest BCUT2D eigenvalue weighted by Crippen LogP contribution is -2.54. The van der Waals surface area contributed by atoms with Crippen LogP contribution in [0.4, 0.5) is 0 Å². The van der Waals surface area contributed by atoms with Crippen molar-refractivity contribution in [2.45, 2.75) is 77.4 Å². The van der Waals surface area contributed by atoms with E-state index in [-0.39, 0.29) is 6.79 Å². The number of benzene rings is 1. The zero-order valence-corrected chi connectivity index (χ0v) is 28.2. The van der Waals surface area contributed by atoms with Gasteiger partial charge in [0.15, 0.2) is 19.3 Å². The number of unbranched alkanes of at least 4 members (excludes halogenated alkanes) is 1. The van der Waals surface area contributed by atoms with E-state index in [9.17, 15) is 0 Å². The van der Waals surface area contributed by atoms with Crippen LogP contribution < -0.4 is 15.4 Å². The van der Waals surface area contributed by atoms with Crippen LogP contribution >= 0.6 is 0 Å². The van der Waals surface area contributed by atoms with Crippen LogP contribution in [0.5, 0.6) is 5.88 Å². The minimum Gasteiger partial charge on any atom is -0.544 e. The molecule has 0 bridgehead atoms. The Kier molecular flexibility index (Phi) is 11.6. The van der Waals surface area contributed by atoms with E-state index in [4.69, 9.17) is 27.6 Å². The molecule has 0 fully saturated rings. The van der Waals surface area contributed by atoms with Crippen molar-refractivity contribution in [2.24, 2.45) is 0 Å². The van der Waals surface area contributed by atoms with Crippen molar-refractivity contribution < 1.29 is 27.6 Å². The minimum atomic E-state index is -2.23. The van der Waals surface area contributed by atoms with Gasteiger partial charge in [-0.15, -0.1) is 0 Å². The molecule has 0 spiro atoms. The standard InChI is InChI=1S/C31H48N2O6Si2/c1-10-11-21-35-30-28(26(37-32-30)22-33(2)3)29(39-41(7,8)9)31(20-16-15-19-27(31)38-40(4,5)6)36-24-34-23-25-17-13-12-14-18-25/h12-20,22,27H,10-11,21,23-24H2,1-9H3/b26-22-,29-28-/t27-,31+/m1/s1. The van der Waals surface area contributed by atoms with Crippen molar-refractivity contribution >= 4 is 28.6 Å². The Morgan fingerprint density at radius 1 is 1.05 bits per heavy atom. The molecule has 2 atom stereocenters. The molecule has 0 unspecified atom stereocenters. The smallest absolute Gasteiger partial charge is 0.265 e. The Labute approximate surface area is 247 Å². The predicted molar refractivity (Wildman–Crippen MR) is 169 cm³/mol. The zero-order valence-electron chi connectivity index (χ0n) is 26.2. The van der Waals surface area contributed by atoms with Gasteiger partial charge < -0.3 is 32.5 Å². The highest BCUT2D eigenvalue weighted by Gasteiger charge is 2.48. The van der Waals surface area contributed by atoms with Gasteiger partial charge in [-0.3, -0.25) is 0 Å². The van der Waals surface area contributed by atoms with Gasteiger partial charge in [-0.2, -0.15) is 0 Å². The summed E-state index contributed by atoms with van der Waals surface area (Å²) >= 11 is 0. The van der Waals surface area contributed by atoms with Crippen LogP contribution in [0.25, 0.3) is 12.0 Å². The van der Waals surface area contributed by atoms with Crippen LogP contribution in [0.2, 0.25) is 39.3 Å². The largest absolute Gasteiger partial charge is 0.544 e. The summed E-state index contributed by atoms with van der Waals surface area (Å²) in [6.45, 7) is 16.0. The lowest BCUT2D eigenvalue weighted by Gasteiger charge is -2.43. The van der Waals surface area contributed by atoms with E-state index in [1.54, 1.807) is 0 Å². The SMILES string of the molecule is CCCCOc1noc(=C\N(C)C)/c1=C(/O[Si](C)(C)C)[C@]1(OCOCc2ccccc2)C=CC=C[C@H]1O[Si](C)(C)C. The summed E-state index contributed by atoms with van der Waals surface area (Å²) in [5.74, 6) is 0.937. The fourth-order valence-corrected chi connectivity index (χ4v) is 6.14. The lowest BCUT2D eigenvalue weighted by molar-refractivity contribution is -0.136. The highest BCUT2D eigenvalue weighted by molar-refractivity contribution is 6.70. The van der Waals surface area contributed by atoms with Gasteiger partial charge in [-0.1, -0.05) is 61.9 Å². The van der Waals surface area contributed by atoms with E-state index >= 15 is 0 Å². The molecule has 1 aromatic carbocycles. The van der Waals surface area contributed by atoms with Gasteiger partial charge in [-0.25, -0.2) is 0 Å². The van der Waals surface area contributed by atoms with Gasteiger partial charge in [0.1, 0.15) is 23.9 Å². The van der Waals surface area contributed by atoms with Gasteiger partial charge in [0.25, 0.3) is 5.88 Å². The topological polar surface area (TPSA) is 75.4 Å². The predicted octanol–water partition coefficient (Wildman–Crippen LogP) is 5.39. The molecule has 1 aromatic heterocycles. The molecule has 0 saturated carbocycles. The first kappa shape index (κ1) is 32.9. The molecule has 3 rings (SSSR count). The highest BCUT2D eigenvalue weighted by Crippen LogP contribution is 2.37. The second kappa shape index (κ2) is 14.5. The van der Waals surface area contributed by atoms with Crippen LogP contribution in [-0.4, -0.2) is 65.9 Å². The van der Waals surface area contributed by atoms with Crippen molar-refractivity contribution in [1.82, 2.24) is 10.1 Å². The molecule has 1 aliphatic rings. The van der Waals surface area contributed by atoms with Crippen LogP contribution in [-0.2, 0) is 24.9 Å². The summed E-state index contributed by atoms with van der Waals surface area (Å²) in [6, 6.07) is 10.0. The van der Waals surface area contributed by atoms with Gasteiger partial charge in [0.05, 0.1) is 13.2 Å². The number of aromatic nitrogens is 1. The van der Waals surface area contributed by atoms with Crippen molar-refractivity contribution in [3.05, 3.63) is 70.8 Å². The van der Waals surface area contributed by atoms with Crippen LogP contribution in [0.3, 0.4) is 0 Å². The summed E-state index contributed by atoms with van der Waals surface area (Å²) in [7, 11) is -0.409. The number of rotatable bonds is 15. The third-order valence-corrected chi connectivity index (χ3v) is 7.70. The Morgan fingerprint density at radius 3 is 2.41 bits per heavy atom. The maximum absolute atomic E-state index is 6.96. The lowest BCUT2D eigenvalue weighted by atomic mass is 9.89. The van der Waals surface area contributed by atoms with Crippen molar-refractivity contribution in [2.75, 3.05) is 27.5 Å². The third kappa shape index (κ3) is 9.71. The second-order valence-electron chi connectivity index (χ2n) is 12.3. The van der Waals surface area contributed by atoms with E-state index in [2.05, 4.69) is 51.4 Å². The molecule has 0 amide bonds. The maximum atomic E-state index is 6.96. The molecule has 41 heavy (non-hydrogen) atoms.